The van der Waals surface area contributed by atoms with Crippen LogP contribution in [0.3, 0.4) is 0 Å². The van der Waals surface area contributed by atoms with Crippen molar-refractivity contribution in [3.63, 3.8) is 0 Å². The van der Waals surface area contributed by atoms with E-state index in [1.54, 1.807) is 32.9 Å². The summed E-state index contributed by atoms with van der Waals surface area (Å²) in [5, 5.41) is 3.31. The zero-order valence-electron chi connectivity index (χ0n) is 33.6. The van der Waals surface area contributed by atoms with Crippen LogP contribution in [0.4, 0.5) is 0 Å². The van der Waals surface area contributed by atoms with Crippen LogP contribution in [0.15, 0.2) is 120 Å². The van der Waals surface area contributed by atoms with Crippen LogP contribution in [0.5, 0.6) is 0 Å². The molecular formula is C44H50N4O8S3. The summed E-state index contributed by atoms with van der Waals surface area (Å²) < 4.78 is 41.5. The molecule has 12 nitrogen and oxygen atoms in total. The van der Waals surface area contributed by atoms with E-state index in [0.29, 0.717) is 5.75 Å². The Bertz CT molecular complexity index is 2180. The van der Waals surface area contributed by atoms with E-state index in [2.05, 4.69) is 5.32 Å². The predicted molar refractivity (Wildman–Crippen MR) is 229 cm³/mol. The highest BCUT2D eigenvalue weighted by Crippen LogP contribution is 2.43. The summed E-state index contributed by atoms with van der Waals surface area (Å²) in [5.41, 5.74) is 2.18. The van der Waals surface area contributed by atoms with Crippen molar-refractivity contribution in [3.8, 4) is 0 Å². The van der Waals surface area contributed by atoms with Crippen molar-refractivity contribution in [2.24, 2.45) is 0 Å². The molecule has 2 fully saturated rings. The quantitative estimate of drug-likeness (QED) is 0.141. The molecule has 0 bridgehead atoms. The number of aryl methyl sites for hydroxylation is 1. The van der Waals surface area contributed by atoms with Crippen LogP contribution in [-0.4, -0.2) is 99.5 Å². The Labute approximate surface area is 355 Å². The second kappa shape index (κ2) is 19.6. The van der Waals surface area contributed by atoms with E-state index in [9.17, 15) is 22.8 Å². The first-order valence-electron chi connectivity index (χ1n) is 19.5. The average molecular weight is 859 g/mol. The number of sulfonamides is 1. The number of thioether (sulfide) groups is 2. The zero-order chi connectivity index (χ0) is 42.2. The first-order valence-corrected chi connectivity index (χ1v) is 23.0. The lowest BCUT2D eigenvalue weighted by Gasteiger charge is -2.42. The normalized spacial score (nSPS) is 19.1. The van der Waals surface area contributed by atoms with Gasteiger partial charge in [-0.05, 0) is 56.5 Å². The molecule has 4 aromatic carbocycles. The predicted octanol–water partition coefficient (Wildman–Crippen LogP) is 5.60. The molecule has 4 atom stereocenters. The van der Waals surface area contributed by atoms with Crippen molar-refractivity contribution >= 4 is 57.3 Å². The fraction of sp³-hybridized carbons (Fsp3) is 0.364. The summed E-state index contributed by atoms with van der Waals surface area (Å²) in [6.07, 6.45) is 0.161. The molecule has 0 spiro atoms. The van der Waals surface area contributed by atoms with Gasteiger partial charge in [0, 0.05) is 36.4 Å². The van der Waals surface area contributed by atoms with Gasteiger partial charge in [-0.25, -0.2) is 18.0 Å². The lowest BCUT2D eigenvalue weighted by molar-refractivity contribution is -0.174. The van der Waals surface area contributed by atoms with Crippen molar-refractivity contribution in [3.05, 3.63) is 138 Å². The van der Waals surface area contributed by atoms with Gasteiger partial charge in [0.2, 0.25) is 15.9 Å². The second-order valence-electron chi connectivity index (χ2n) is 15.0. The molecular weight excluding hydrogens is 809 g/mol. The number of carbonyl (C=O) groups is 4. The van der Waals surface area contributed by atoms with Gasteiger partial charge in [-0.1, -0.05) is 109 Å². The molecule has 0 aliphatic carbocycles. The van der Waals surface area contributed by atoms with Crippen molar-refractivity contribution in [2.45, 2.75) is 80.4 Å². The van der Waals surface area contributed by atoms with Crippen molar-refractivity contribution in [1.29, 1.82) is 0 Å². The Kier molecular flexibility index (Phi) is 14.6. The zero-order valence-corrected chi connectivity index (χ0v) is 36.0. The van der Waals surface area contributed by atoms with Gasteiger partial charge in [-0.15, -0.1) is 23.5 Å². The van der Waals surface area contributed by atoms with Crippen LogP contribution in [0, 0.1) is 6.92 Å². The fourth-order valence-corrected chi connectivity index (χ4v) is 12.0. The fourth-order valence-electron chi connectivity index (χ4n) is 7.10. The summed E-state index contributed by atoms with van der Waals surface area (Å²) in [6.45, 7) is 7.25. The molecule has 59 heavy (non-hydrogen) atoms. The molecule has 2 aliphatic rings. The number of hydrogen-bond acceptors (Lipinski definition) is 11. The third kappa shape index (κ3) is 10.6. The number of rotatable bonds is 16. The van der Waals surface area contributed by atoms with Gasteiger partial charge >= 0.3 is 11.9 Å². The van der Waals surface area contributed by atoms with Crippen molar-refractivity contribution in [1.82, 2.24) is 19.6 Å². The Morgan fingerprint density at radius 1 is 0.780 bits per heavy atom. The Hall–Kier alpha value is -4.67. The second-order valence-corrected chi connectivity index (χ2v) is 19.0. The van der Waals surface area contributed by atoms with Gasteiger partial charge in [0.1, 0.15) is 18.7 Å². The van der Waals surface area contributed by atoms with E-state index in [1.807, 2.05) is 97.9 Å². The number of benzene rings is 4. The highest BCUT2D eigenvalue weighted by Gasteiger charge is 2.55. The summed E-state index contributed by atoms with van der Waals surface area (Å²) in [4.78, 5) is 57.8. The van der Waals surface area contributed by atoms with Gasteiger partial charge in [-0.2, -0.15) is 9.31 Å². The van der Waals surface area contributed by atoms with Gasteiger partial charge < -0.3 is 14.8 Å². The number of ether oxygens (including phenoxy) is 2. The Morgan fingerprint density at radius 3 is 1.95 bits per heavy atom. The third-order valence-electron chi connectivity index (χ3n) is 10.0. The minimum Gasteiger partial charge on any atom is -0.464 e. The summed E-state index contributed by atoms with van der Waals surface area (Å²) in [6, 6.07) is 31.7. The highest BCUT2D eigenvalue weighted by atomic mass is 32.2. The molecule has 15 heteroatoms. The third-order valence-corrected chi connectivity index (χ3v) is 15.0. The molecule has 0 aromatic heterocycles. The lowest BCUT2D eigenvalue weighted by Crippen LogP contribution is -2.64. The molecule has 6 rings (SSSR count). The van der Waals surface area contributed by atoms with Crippen molar-refractivity contribution < 1.29 is 37.1 Å². The molecule has 1 N–H and O–H groups in total. The molecule has 2 saturated heterocycles. The van der Waals surface area contributed by atoms with Gasteiger partial charge in [-0.3, -0.25) is 14.6 Å². The average Bonchev–Trinajstić information content (AvgIpc) is 3.85. The molecule has 0 radical (unpaired) electrons. The van der Waals surface area contributed by atoms with Gasteiger partial charge in [0.15, 0.2) is 10.7 Å². The minimum absolute atomic E-state index is 0.00548. The number of carbonyl (C=O) groups excluding carboxylic acids is 4. The Morgan fingerprint density at radius 2 is 1.36 bits per heavy atom. The van der Waals surface area contributed by atoms with E-state index in [1.165, 1.54) is 38.2 Å². The van der Waals surface area contributed by atoms with E-state index >= 15 is 4.79 Å². The van der Waals surface area contributed by atoms with E-state index in [0.717, 1.165) is 34.0 Å². The summed E-state index contributed by atoms with van der Waals surface area (Å²) >= 11 is 2.41. The minimum atomic E-state index is -4.25. The van der Waals surface area contributed by atoms with Crippen LogP contribution < -0.4 is 5.32 Å². The number of amides is 2. The number of hydrogen-bond donors (Lipinski definition) is 1. The first kappa shape index (κ1) is 43.9. The molecule has 2 heterocycles. The van der Waals surface area contributed by atoms with E-state index in [4.69, 9.17) is 9.47 Å². The molecule has 2 amide bonds. The SMILES string of the molecule is CCOC(=O)[C@H](Cc1ccccc1)N(C(=O)[C@@H]1SCC(C)(C)N1S(=O)(=O)c1ccc(C)cc1)N1CCS[C@H]1C(=O)N[C@@H](Cc1ccccc1)C(=O)OCc1ccccc1. The number of nitrogens with zero attached hydrogens (tertiary/aromatic N) is 3. The molecule has 0 unspecified atom stereocenters. The topological polar surface area (TPSA) is 143 Å². The molecule has 0 saturated carbocycles. The summed E-state index contributed by atoms with van der Waals surface area (Å²) in [5.74, 6) is -1.93. The van der Waals surface area contributed by atoms with Gasteiger partial charge in [0.05, 0.1) is 11.5 Å². The van der Waals surface area contributed by atoms with Gasteiger partial charge in [0.25, 0.3) is 5.91 Å². The van der Waals surface area contributed by atoms with Crippen LogP contribution in [-0.2, 0) is 58.1 Å². The number of hydrazine groups is 1. The van der Waals surface area contributed by atoms with E-state index in [-0.39, 0.29) is 43.2 Å². The van der Waals surface area contributed by atoms with Crippen LogP contribution >= 0.6 is 23.5 Å². The maximum atomic E-state index is 15.4. The summed E-state index contributed by atoms with van der Waals surface area (Å²) in [7, 11) is -4.25. The highest BCUT2D eigenvalue weighted by molar-refractivity contribution is 8.02. The van der Waals surface area contributed by atoms with Crippen LogP contribution in [0.25, 0.3) is 0 Å². The number of nitrogens with one attached hydrogen (secondary N) is 1. The lowest BCUT2D eigenvalue weighted by atomic mass is 10.0. The molecule has 4 aromatic rings. The molecule has 2 aliphatic heterocycles. The first-order chi connectivity index (χ1) is 28.3. The standard InChI is InChI=1S/C44H50N4O8S3/c1-5-55-43(52)37(28-33-17-11-7-12-18-33)47(39(50)41-48(44(3,4)30-58-41)59(53,54)35-23-21-31(2)22-24-35)46-25-26-57-40(46)38(49)45-36(27-32-15-9-6-10-16-32)42(51)56-29-34-19-13-8-14-20-34/h6-24,36-37,40-41H,5,25-30H2,1-4H3,(H,45,49)/t36-,37-,40-,41-/m0/s1. The monoisotopic (exact) mass is 858 g/mol. The van der Waals surface area contributed by atoms with E-state index < -0.39 is 62.1 Å². The maximum absolute atomic E-state index is 15.4. The maximum Gasteiger partial charge on any atom is 0.330 e. The number of esters is 2. The van der Waals surface area contributed by atoms with Crippen molar-refractivity contribution in [2.75, 3.05) is 24.7 Å². The largest absolute Gasteiger partial charge is 0.464 e. The van der Waals surface area contributed by atoms with Crippen LogP contribution in [0.2, 0.25) is 0 Å². The smallest absolute Gasteiger partial charge is 0.330 e. The molecule has 312 valence electrons. The van der Waals surface area contributed by atoms with Crippen LogP contribution in [0.1, 0.15) is 43.0 Å². The Balaban J connectivity index is 1.37.